The van der Waals surface area contributed by atoms with Crippen LogP contribution in [0.1, 0.15) is 54.4 Å². The molecule has 4 saturated carbocycles. The lowest BCUT2D eigenvalue weighted by atomic mass is 9.48. The predicted octanol–water partition coefficient (Wildman–Crippen LogP) is 5.40. The monoisotopic (exact) mass is 472 g/mol. The van der Waals surface area contributed by atoms with Crippen molar-refractivity contribution in [3.63, 3.8) is 0 Å². The number of aromatic carboxylic acids is 1. The number of aliphatic hydroxyl groups excluding tert-OH is 2. The molecule has 4 bridgehead atoms. The molecule has 0 aliphatic heterocycles. The Labute approximate surface area is 205 Å². The molecule has 4 fully saturated rings. The van der Waals surface area contributed by atoms with Gasteiger partial charge in [-0.2, -0.15) is 0 Å². The third kappa shape index (κ3) is 3.91. The molecule has 7 rings (SSSR count). The summed E-state index contributed by atoms with van der Waals surface area (Å²) >= 11 is 0. The van der Waals surface area contributed by atoms with Crippen LogP contribution >= 0.6 is 0 Å². The van der Waals surface area contributed by atoms with Crippen molar-refractivity contribution < 1.29 is 24.9 Å². The maximum atomic E-state index is 12.2. The Bertz CT molecular complexity index is 1240. The largest absolute Gasteiger partial charge is 0.490 e. The van der Waals surface area contributed by atoms with E-state index in [1.807, 2.05) is 42.5 Å². The first-order valence-corrected chi connectivity index (χ1v) is 12.8. The molecule has 3 N–H and O–H groups in total. The van der Waals surface area contributed by atoms with E-state index in [4.69, 9.17) is 4.74 Å². The Hall–Kier alpha value is -2.89. The Balaban J connectivity index is 1.52. The zero-order valence-electron chi connectivity index (χ0n) is 19.8. The number of hydrogen-bond donors (Lipinski definition) is 3. The fourth-order valence-corrected chi connectivity index (χ4v) is 7.67. The van der Waals surface area contributed by atoms with Crippen LogP contribution in [0.5, 0.6) is 5.75 Å². The normalized spacial score (nSPS) is 27.8. The summed E-state index contributed by atoms with van der Waals surface area (Å²) in [5.74, 6) is 2.04. The number of hydrogen-bond acceptors (Lipinski definition) is 4. The van der Waals surface area contributed by atoms with Gasteiger partial charge in [-0.15, -0.1) is 0 Å². The second-order valence-electron chi connectivity index (χ2n) is 11.1. The van der Waals surface area contributed by atoms with Crippen LogP contribution in [0.15, 0.2) is 54.6 Å². The van der Waals surface area contributed by atoms with Crippen LogP contribution in [-0.2, 0) is 5.41 Å². The molecule has 182 valence electrons. The van der Waals surface area contributed by atoms with E-state index in [9.17, 15) is 20.1 Å². The number of benzene rings is 3. The first kappa shape index (κ1) is 22.6. The van der Waals surface area contributed by atoms with Crippen molar-refractivity contribution in [1.82, 2.24) is 0 Å². The van der Waals surface area contributed by atoms with Gasteiger partial charge in [0.15, 0.2) is 0 Å². The third-order valence-electron chi connectivity index (χ3n) is 8.68. The number of ether oxygens (including phenoxy) is 1. The summed E-state index contributed by atoms with van der Waals surface area (Å²) in [6.45, 7) is -0.313. The van der Waals surface area contributed by atoms with E-state index in [0.717, 1.165) is 70.2 Å². The number of fused-ring (bicyclic) bond motifs is 1. The molecule has 3 aromatic carbocycles. The van der Waals surface area contributed by atoms with Crippen molar-refractivity contribution >= 4 is 16.7 Å². The average molecular weight is 473 g/mol. The summed E-state index contributed by atoms with van der Waals surface area (Å²) in [6.07, 6.45) is 6.46. The molecule has 0 radical (unpaired) electrons. The lowest BCUT2D eigenvalue weighted by molar-refractivity contribution is -0.00735. The van der Waals surface area contributed by atoms with Crippen LogP contribution < -0.4 is 4.74 Å². The highest BCUT2D eigenvalue weighted by Gasteiger charge is 2.52. The van der Waals surface area contributed by atoms with Crippen LogP contribution in [0.25, 0.3) is 21.9 Å². The molecule has 5 heteroatoms. The Kier molecular flexibility index (Phi) is 5.58. The number of carboxylic acids is 1. The molecule has 1 unspecified atom stereocenters. The Morgan fingerprint density at radius 3 is 2.31 bits per heavy atom. The molecule has 0 heterocycles. The quantitative estimate of drug-likeness (QED) is 0.428. The van der Waals surface area contributed by atoms with Gasteiger partial charge in [0, 0.05) is 11.1 Å². The SMILES string of the molecule is O=C(O)c1ccc2ccccc2c1-c1ccc(OCC(O)CO)c(C23CC4CC(CC(C4)C2)C3)c1. The first-order valence-electron chi connectivity index (χ1n) is 12.8. The maximum Gasteiger partial charge on any atom is 0.336 e. The van der Waals surface area contributed by atoms with Crippen molar-refractivity contribution in [3.8, 4) is 16.9 Å². The molecule has 0 aromatic heterocycles. The van der Waals surface area contributed by atoms with Crippen molar-refractivity contribution in [3.05, 3.63) is 65.7 Å². The van der Waals surface area contributed by atoms with Crippen LogP contribution in [0.2, 0.25) is 0 Å². The van der Waals surface area contributed by atoms with Gasteiger partial charge in [-0.25, -0.2) is 4.79 Å². The summed E-state index contributed by atoms with van der Waals surface area (Å²) in [5, 5.41) is 31.2. The highest BCUT2D eigenvalue weighted by atomic mass is 16.5. The Morgan fingerprint density at radius 1 is 0.971 bits per heavy atom. The summed E-state index contributed by atoms with van der Waals surface area (Å²) in [5.41, 5.74) is 3.09. The summed E-state index contributed by atoms with van der Waals surface area (Å²) < 4.78 is 6.11. The van der Waals surface area contributed by atoms with E-state index in [2.05, 4.69) is 6.07 Å². The smallest absolute Gasteiger partial charge is 0.336 e. The van der Waals surface area contributed by atoms with Gasteiger partial charge in [0.1, 0.15) is 18.5 Å². The van der Waals surface area contributed by atoms with Gasteiger partial charge in [-0.3, -0.25) is 0 Å². The molecule has 1 atom stereocenters. The topological polar surface area (TPSA) is 87.0 Å². The lowest BCUT2D eigenvalue weighted by Crippen LogP contribution is -2.48. The van der Waals surface area contributed by atoms with Gasteiger partial charge in [0.25, 0.3) is 0 Å². The molecule has 0 saturated heterocycles. The average Bonchev–Trinajstić information content (AvgIpc) is 2.85. The zero-order chi connectivity index (χ0) is 24.2. The van der Waals surface area contributed by atoms with Crippen molar-refractivity contribution in [2.75, 3.05) is 13.2 Å². The van der Waals surface area contributed by atoms with E-state index >= 15 is 0 Å². The third-order valence-corrected chi connectivity index (χ3v) is 8.68. The summed E-state index contributed by atoms with van der Waals surface area (Å²) in [6, 6.07) is 17.5. The van der Waals surface area contributed by atoms with Gasteiger partial charge in [-0.1, -0.05) is 36.4 Å². The minimum Gasteiger partial charge on any atom is -0.490 e. The minimum atomic E-state index is -0.937. The highest BCUT2D eigenvalue weighted by Crippen LogP contribution is 2.62. The van der Waals surface area contributed by atoms with Crippen molar-refractivity contribution in [2.24, 2.45) is 17.8 Å². The fraction of sp³-hybridized carbons (Fsp3) is 0.433. The molecule has 35 heavy (non-hydrogen) atoms. The van der Waals surface area contributed by atoms with Gasteiger partial charge in [0.05, 0.1) is 12.2 Å². The predicted molar refractivity (Wildman–Crippen MR) is 135 cm³/mol. The maximum absolute atomic E-state index is 12.2. The molecule has 3 aromatic rings. The minimum absolute atomic E-state index is 0.0260. The van der Waals surface area contributed by atoms with E-state index in [-0.39, 0.29) is 18.6 Å². The fourth-order valence-electron chi connectivity index (χ4n) is 7.67. The second kappa shape index (κ2) is 8.65. The van der Waals surface area contributed by atoms with Gasteiger partial charge in [0.2, 0.25) is 0 Å². The van der Waals surface area contributed by atoms with Gasteiger partial charge in [-0.05, 0) is 96.2 Å². The molecule has 4 aliphatic rings. The number of rotatable bonds is 7. The summed E-state index contributed by atoms with van der Waals surface area (Å²) in [7, 11) is 0. The molecular formula is C30H32O5. The van der Waals surface area contributed by atoms with Crippen LogP contribution in [0.4, 0.5) is 0 Å². The summed E-state index contributed by atoms with van der Waals surface area (Å²) in [4.78, 5) is 12.2. The lowest BCUT2D eigenvalue weighted by Gasteiger charge is -2.57. The molecule has 0 spiro atoms. The zero-order valence-corrected chi connectivity index (χ0v) is 19.8. The van der Waals surface area contributed by atoms with E-state index in [0.29, 0.717) is 5.56 Å². The first-order chi connectivity index (χ1) is 17.0. The van der Waals surface area contributed by atoms with E-state index in [1.54, 1.807) is 6.07 Å². The van der Waals surface area contributed by atoms with Crippen LogP contribution in [-0.4, -0.2) is 40.6 Å². The van der Waals surface area contributed by atoms with Crippen molar-refractivity contribution in [2.45, 2.75) is 50.0 Å². The van der Waals surface area contributed by atoms with E-state index in [1.165, 1.54) is 19.3 Å². The standard InChI is InChI=1S/C30H32O5/c31-16-23(32)17-35-27-8-6-22(28-24-4-2-1-3-21(24)5-7-25(28)29(33)34)12-26(27)30-13-18-9-19(14-30)11-20(10-18)15-30/h1-8,12,18-20,23,31-32H,9-11,13-17H2,(H,33,34). The second-order valence-corrected chi connectivity index (χ2v) is 11.1. The molecule has 5 nitrogen and oxygen atoms in total. The molecule has 4 aliphatic carbocycles. The molecule has 0 amide bonds. The van der Waals surface area contributed by atoms with Crippen LogP contribution in [0, 0.1) is 17.8 Å². The van der Waals surface area contributed by atoms with Crippen LogP contribution in [0.3, 0.4) is 0 Å². The number of aliphatic hydroxyl groups is 2. The highest BCUT2D eigenvalue weighted by molar-refractivity contribution is 6.07. The molecular weight excluding hydrogens is 440 g/mol. The number of carbonyl (C=O) groups is 1. The van der Waals surface area contributed by atoms with Gasteiger partial charge < -0.3 is 20.1 Å². The van der Waals surface area contributed by atoms with E-state index < -0.39 is 12.1 Å². The Morgan fingerprint density at radius 2 is 1.66 bits per heavy atom. The van der Waals surface area contributed by atoms with Crippen molar-refractivity contribution in [1.29, 1.82) is 0 Å². The van der Waals surface area contributed by atoms with Gasteiger partial charge >= 0.3 is 5.97 Å². The number of carboxylic acid groups (broad SMARTS) is 1.